The van der Waals surface area contributed by atoms with Crippen LogP contribution in [0.25, 0.3) is 0 Å². The van der Waals surface area contributed by atoms with Gasteiger partial charge in [-0.05, 0) is 50.6 Å². The van der Waals surface area contributed by atoms with Crippen molar-refractivity contribution in [3.8, 4) is 0 Å². The standard InChI is InChI=1S/C15H18FN3O/c1-9(2)19-8-12(17)7-14(19)15(20)18-13-5-10(3)4-11(16)6-13/h4-9H,17H2,1-3H3,(H,18,20). The quantitative estimate of drug-likeness (QED) is 0.902. The van der Waals surface area contributed by atoms with Gasteiger partial charge in [-0.1, -0.05) is 0 Å². The summed E-state index contributed by atoms with van der Waals surface area (Å²) >= 11 is 0. The lowest BCUT2D eigenvalue weighted by atomic mass is 10.2. The molecule has 0 unspecified atom stereocenters. The van der Waals surface area contributed by atoms with E-state index in [0.29, 0.717) is 17.1 Å². The number of hydrogen-bond acceptors (Lipinski definition) is 2. The molecule has 0 radical (unpaired) electrons. The van der Waals surface area contributed by atoms with Crippen LogP contribution in [-0.4, -0.2) is 10.5 Å². The zero-order valence-electron chi connectivity index (χ0n) is 11.8. The van der Waals surface area contributed by atoms with E-state index in [2.05, 4.69) is 5.32 Å². The number of nitrogens with two attached hydrogens (primary N) is 1. The number of carbonyl (C=O) groups excluding carboxylic acids is 1. The van der Waals surface area contributed by atoms with Gasteiger partial charge in [-0.25, -0.2) is 4.39 Å². The Morgan fingerprint density at radius 1 is 1.30 bits per heavy atom. The number of rotatable bonds is 3. The molecule has 0 saturated heterocycles. The van der Waals surface area contributed by atoms with E-state index in [1.807, 2.05) is 13.8 Å². The number of carbonyl (C=O) groups is 1. The number of nitrogens with zero attached hydrogens (tertiary/aromatic N) is 1. The first kappa shape index (κ1) is 14.1. The lowest BCUT2D eigenvalue weighted by Crippen LogP contribution is -2.17. The number of halogens is 1. The molecule has 0 bridgehead atoms. The fourth-order valence-corrected chi connectivity index (χ4v) is 2.11. The smallest absolute Gasteiger partial charge is 0.272 e. The molecule has 5 heteroatoms. The highest BCUT2D eigenvalue weighted by molar-refractivity contribution is 6.03. The average Bonchev–Trinajstić information content (AvgIpc) is 2.70. The van der Waals surface area contributed by atoms with Crippen LogP contribution in [0.15, 0.2) is 30.5 Å². The van der Waals surface area contributed by atoms with Gasteiger partial charge < -0.3 is 15.6 Å². The van der Waals surface area contributed by atoms with E-state index >= 15 is 0 Å². The molecule has 1 aromatic heterocycles. The molecule has 2 aromatic rings. The largest absolute Gasteiger partial charge is 0.397 e. The van der Waals surface area contributed by atoms with Crippen molar-refractivity contribution in [2.45, 2.75) is 26.8 Å². The van der Waals surface area contributed by atoms with Crippen molar-refractivity contribution in [3.05, 3.63) is 47.5 Å². The molecule has 0 saturated carbocycles. The summed E-state index contributed by atoms with van der Waals surface area (Å²) in [6.45, 7) is 5.69. The minimum atomic E-state index is -0.376. The Morgan fingerprint density at radius 2 is 2.00 bits per heavy atom. The number of anilines is 2. The number of aromatic nitrogens is 1. The number of benzene rings is 1. The van der Waals surface area contributed by atoms with Crippen LogP contribution in [0.5, 0.6) is 0 Å². The number of hydrogen-bond donors (Lipinski definition) is 2. The van der Waals surface area contributed by atoms with E-state index in [4.69, 9.17) is 5.73 Å². The molecule has 0 aliphatic rings. The predicted octanol–water partition coefficient (Wildman–Crippen LogP) is 3.35. The van der Waals surface area contributed by atoms with Crippen molar-refractivity contribution in [1.82, 2.24) is 4.57 Å². The van der Waals surface area contributed by atoms with Crippen LogP contribution in [0.2, 0.25) is 0 Å². The Kier molecular flexibility index (Phi) is 3.79. The third kappa shape index (κ3) is 2.99. The normalized spacial score (nSPS) is 10.8. The highest BCUT2D eigenvalue weighted by atomic mass is 19.1. The summed E-state index contributed by atoms with van der Waals surface area (Å²) in [5, 5.41) is 2.69. The molecule has 0 atom stereocenters. The second-order valence-electron chi connectivity index (χ2n) is 5.13. The first-order valence-corrected chi connectivity index (χ1v) is 6.42. The summed E-state index contributed by atoms with van der Waals surface area (Å²) in [5.74, 6) is -0.681. The number of aryl methyl sites for hydroxylation is 1. The second-order valence-corrected chi connectivity index (χ2v) is 5.13. The highest BCUT2D eigenvalue weighted by Gasteiger charge is 2.15. The summed E-state index contributed by atoms with van der Waals surface area (Å²) in [6, 6.07) is 6.14. The summed E-state index contributed by atoms with van der Waals surface area (Å²) in [5.41, 5.74) is 7.90. The molecule has 2 rings (SSSR count). The monoisotopic (exact) mass is 275 g/mol. The molecule has 1 amide bonds. The Labute approximate surface area is 117 Å². The molecule has 0 fully saturated rings. The third-order valence-corrected chi connectivity index (χ3v) is 2.96. The maximum Gasteiger partial charge on any atom is 0.272 e. The zero-order valence-corrected chi connectivity index (χ0v) is 11.8. The number of nitrogen functional groups attached to an aromatic ring is 1. The third-order valence-electron chi connectivity index (χ3n) is 2.96. The Balaban J connectivity index is 2.28. The van der Waals surface area contributed by atoms with E-state index in [9.17, 15) is 9.18 Å². The minimum absolute atomic E-state index is 0.113. The Hall–Kier alpha value is -2.30. The van der Waals surface area contributed by atoms with Crippen LogP contribution >= 0.6 is 0 Å². The van der Waals surface area contributed by atoms with Gasteiger partial charge in [0.15, 0.2) is 0 Å². The first-order chi connectivity index (χ1) is 9.36. The van der Waals surface area contributed by atoms with Crippen molar-refractivity contribution in [2.24, 2.45) is 0 Å². The summed E-state index contributed by atoms with van der Waals surface area (Å²) in [7, 11) is 0. The summed E-state index contributed by atoms with van der Waals surface area (Å²) in [6.07, 6.45) is 1.72. The Bertz CT molecular complexity index is 626. The second kappa shape index (κ2) is 5.36. The molecule has 1 aromatic carbocycles. The minimum Gasteiger partial charge on any atom is -0.397 e. The van der Waals surface area contributed by atoms with Crippen LogP contribution in [0.4, 0.5) is 15.8 Å². The highest BCUT2D eigenvalue weighted by Crippen LogP contribution is 2.19. The van der Waals surface area contributed by atoms with Gasteiger partial charge in [0, 0.05) is 17.9 Å². The van der Waals surface area contributed by atoms with Gasteiger partial charge in [-0.3, -0.25) is 4.79 Å². The molecule has 0 aliphatic heterocycles. The van der Waals surface area contributed by atoms with Gasteiger partial charge >= 0.3 is 0 Å². The molecule has 20 heavy (non-hydrogen) atoms. The zero-order chi connectivity index (χ0) is 14.9. The SMILES string of the molecule is Cc1cc(F)cc(NC(=O)c2cc(N)cn2C(C)C)c1. The van der Waals surface area contributed by atoms with E-state index in [1.165, 1.54) is 12.1 Å². The molecule has 0 aliphatic carbocycles. The summed E-state index contributed by atoms with van der Waals surface area (Å²) in [4.78, 5) is 12.3. The van der Waals surface area contributed by atoms with E-state index in [0.717, 1.165) is 5.56 Å². The molecular formula is C15H18FN3O. The van der Waals surface area contributed by atoms with Gasteiger partial charge in [0.1, 0.15) is 11.5 Å². The molecule has 3 N–H and O–H groups in total. The van der Waals surface area contributed by atoms with Crippen LogP contribution in [0.3, 0.4) is 0 Å². The van der Waals surface area contributed by atoms with E-state index < -0.39 is 0 Å². The van der Waals surface area contributed by atoms with Crippen molar-refractivity contribution in [1.29, 1.82) is 0 Å². The number of amides is 1. The molecule has 4 nitrogen and oxygen atoms in total. The van der Waals surface area contributed by atoms with Crippen molar-refractivity contribution in [2.75, 3.05) is 11.1 Å². The van der Waals surface area contributed by atoms with E-state index in [1.54, 1.807) is 29.8 Å². The molecule has 106 valence electrons. The fourth-order valence-electron chi connectivity index (χ4n) is 2.11. The van der Waals surface area contributed by atoms with Gasteiger partial charge in [0.05, 0.1) is 5.69 Å². The maximum atomic E-state index is 13.3. The predicted molar refractivity (Wildman–Crippen MR) is 78.3 cm³/mol. The fraction of sp³-hybridized carbons (Fsp3) is 0.267. The maximum absolute atomic E-state index is 13.3. The van der Waals surface area contributed by atoms with E-state index in [-0.39, 0.29) is 17.8 Å². The van der Waals surface area contributed by atoms with Gasteiger partial charge in [-0.2, -0.15) is 0 Å². The molecule has 1 heterocycles. The van der Waals surface area contributed by atoms with Crippen LogP contribution in [-0.2, 0) is 0 Å². The van der Waals surface area contributed by atoms with Crippen LogP contribution in [0, 0.1) is 12.7 Å². The van der Waals surface area contributed by atoms with Crippen molar-refractivity contribution >= 4 is 17.3 Å². The number of nitrogens with one attached hydrogen (secondary N) is 1. The van der Waals surface area contributed by atoms with Gasteiger partial charge in [0.2, 0.25) is 0 Å². The molecule has 0 spiro atoms. The lowest BCUT2D eigenvalue weighted by molar-refractivity contribution is 0.101. The van der Waals surface area contributed by atoms with Crippen LogP contribution < -0.4 is 11.1 Å². The van der Waals surface area contributed by atoms with Crippen molar-refractivity contribution < 1.29 is 9.18 Å². The van der Waals surface area contributed by atoms with Gasteiger partial charge in [0.25, 0.3) is 5.91 Å². The van der Waals surface area contributed by atoms with Gasteiger partial charge in [-0.15, -0.1) is 0 Å². The average molecular weight is 275 g/mol. The topological polar surface area (TPSA) is 60.1 Å². The first-order valence-electron chi connectivity index (χ1n) is 6.42. The summed E-state index contributed by atoms with van der Waals surface area (Å²) < 4.78 is 15.1. The lowest BCUT2D eigenvalue weighted by Gasteiger charge is -2.13. The Morgan fingerprint density at radius 3 is 2.60 bits per heavy atom. The van der Waals surface area contributed by atoms with Crippen LogP contribution in [0.1, 0.15) is 35.9 Å². The van der Waals surface area contributed by atoms with Crippen molar-refractivity contribution in [3.63, 3.8) is 0 Å². The molecular weight excluding hydrogens is 257 g/mol.